The Morgan fingerprint density at radius 1 is 1.30 bits per heavy atom. The second-order valence-corrected chi connectivity index (χ2v) is 7.87. The van der Waals surface area contributed by atoms with Crippen molar-refractivity contribution in [3.8, 4) is 5.75 Å². The lowest BCUT2D eigenvalue weighted by molar-refractivity contribution is 0.129. The summed E-state index contributed by atoms with van der Waals surface area (Å²) in [6.45, 7) is 4.50. The number of aryl methyl sites for hydroxylation is 1. The molecule has 0 bridgehead atoms. The molecule has 0 radical (unpaired) electrons. The van der Waals surface area contributed by atoms with Crippen LogP contribution < -0.4 is 4.74 Å². The topological polar surface area (TPSA) is 73.1 Å². The minimum Gasteiger partial charge on any atom is -0.408 e. The number of likely N-dealkylation sites (tertiary alicyclic amines) is 1. The first-order valence-corrected chi connectivity index (χ1v) is 9.91. The van der Waals surface area contributed by atoms with Crippen LogP contribution in [0.1, 0.15) is 43.6 Å². The number of rotatable bonds is 3. The number of carbonyl (C=O) groups excluding carboxylic acids is 1. The third-order valence-electron chi connectivity index (χ3n) is 5.83. The van der Waals surface area contributed by atoms with Crippen molar-refractivity contribution in [3.05, 3.63) is 59.7 Å². The number of pyridine rings is 1. The van der Waals surface area contributed by atoms with Gasteiger partial charge in [0, 0.05) is 31.6 Å². The fourth-order valence-electron chi connectivity index (χ4n) is 3.72. The maximum Gasteiger partial charge on any atom is 0.415 e. The van der Waals surface area contributed by atoms with Gasteiger partial charge in [0.15, 0.2) is 5.75 Å². The molecular weight excluding hydrogens is 392 g/mol. The number of amides is 1. The molecule has 0 N–H and O–H groups in total. The van der Waals surface area contributed by atoms with Gasteiger partial charge in [-0.25, -0.2) is 18.3 Å². The quantitative estimate of drug-likeness (QED) is 0.752. The Hall–Kier alpha value is -3.10. The molecule has 1 aliphatic carbocycles. The maximum absolute atomic E-state index is 14.4. The van der Waals surface area contributed by atoms with E-state index in [0.717, 1.165) is 6.08 Å². The molecule has 2 aromatic rings. The second kappa shape index (κ2) is 7.97. The van der Waals surface area contributed by atoms with Gasteiger partial charge in [0.25, 0.3) is 0 Å². The summed E-state index contributed by atoms with van der Waals surface area (Å²) < 4.78 is 34.9. The highest BCUT2D eigenvalue weighted by Gasteiger charge is 2.37. The number of aromatic nitrogens is 4. The van der Waals surface area contributed by atoms with Gasteiger partial charge >= 0.3 is 6.09 Å². The molecule has 0 saturated carbocycles. The average Bonchev–Trinajstić information content (AvgIpc) is 3.24. The van der Waals surface area contributed by atoms with Crippen molar-refractivity contribution in [1.29, 1.82) is 0 Å². The lowest BCUT2D eigenvalue weighted by Crippen LogP contribution is -2.40. The van der Waals surface area contributed by atoms with Crippen LogP contribution in [0.15, 0.2) is 48.3 Å². The summed E-state index contributed by atoms with van der Waals surface area (Å²) in [7, 11) is 0. The van der Waals surface area contributed by atoms with Crippen molar-refractivity contribution in [2.24, 2.45) is 0 Å². The van der Waals surface area contributed by atoms with Crippen molar-refractivity contribution in [2.45, 2.75) is 44.6 Å². The molecule has 1 atom stereocenters. The normalized spacial score (nSPS) is 22.5. The predicted molar refractivity (Wildman–Crippen MR) is 105 cm³/mol. The summed E-state index contributed by atoms with van der Waals surface area (Å²) in [4.78, 5) is 18.2. The van der Waals surface area contributed by atoms with Gasteiger partial charge in [0.05, 0.1) is 22.8 Å². The molecule has 1 fully saturated rings. The van der Waals surface area contributed by atoms with E-state index >= 15 is 0 Å². The van der Waals surface area contributed by atoms with Crippen LogP contribution in [0.5, 0.6) is 5.75 Å². The summed E-state index contributed by atoms with van der Waals surface area (Å²) in [5.74, 6) is -0.678. The van der Waals surface area contributed by atoms with E-state index in [4.69, 9.17) is 4.74 Å². The zero-order chi connectivity index (χ0) is 21.3. The van der Waals surface area contributed by atoms with Crippen LogP contribution in [-0.2, 0) is 5.41 Å². The lowest BCUT2D eigenvalue weighted by atomic mass is 9.79. The van der Waals surface area contributed by atoms with E-state index in [1.807, 2.05) is 0 Å². The minimum absolute atomic E-state index is 0.0435. The lowest BCUT2D eigenvalue weighted by Gasteiger charge is -2.31. The van der Waals surface area contributed by atoms with Crippen molar-refractivity contribution < 1.29 is 18.3 Å². The molecule has 30 heavy (non-hydrogen) atoms. The molecule has 0 aromatic carbocycles. The molecule has 2 aliphatic rings. The van der Waals surface area contributed by atoms with Gasteiger partial charge in [-0.1, -0.05) is 5.21 Å². The number of piperidine rings is 1. The standard InChI is InChI=1S/C21H23F2N5O2/c1-14-17(4-3-9-24-14)30-20(29)27-10-6-16(7-11-27)28-13-19(25-26-28)21(2)8-5-15(22)12-18(21)23/h3-5,9,12-13,16H,6-8,10-11H2,1-2H3. The van der Waals surface area contributed by atoms with Gasteiger partial charge in [-0.05, 0) is 51.3 Å². The molecule has 1 saturated heterocycles. The second-order valence-electron chi connectivity index (χ2n) is 7.87. The predicted octanol–water partition coefficient (Wildman–Crippen LogP) is 4.19. The van der Waals surface area contributed by atoms with E-state index in [9.17, 15) is 13.6 Å². The van der Waals surface area contributed by atoms with Gasteiger partial charge < -0.3 is 9.64 Å². The molecule has 1 unspecified atom stereocenters. The average molecular weight is 415 g/mol. The maximum atomic E-state index is 14.4. The number of hydrogen-bond acceptors (Lipinski definition) is 5. The fourth-order valence-corrected chi connectivity index (χ4v) is 3.72. The zero-order valence-corrected chi connectivity index (χ0v) is 16.9. The molecule has 1 amide bonds. The summed E-state index contributed by atoms with van der Waals surface area (Å²) in [5.41, 5.74) is 0.108. The third kappa shape index (κ3) is 3.83. The van der Waals surface area contributed by atoms with E-state index in [-0.39, 0.29) is 12.5 Å². The smallest absolute Gasteiger partial charge is 0.408 e. The van der Waals surface area contributed by atoms with Gasteiger partial charge in [0.1, 0.15) is 11.7 Å². The molecule has 7 nitrogen and oxygen atoms in total. The minimum atomic E-state index is -1.01. The number of halogens is 2. The first kappa shape index (κ1) is 20.2. The van der Waals surface area contributed by atoms with E-state index in [2.05, 4.69) is 15.3 Å². The van der Waals surface area contributed by atoms with Crippen LogP contribution in [-0.4, -0.2) is 44.1 Å². The first-order valence-electron chi connectivity index (χ1n) is 9.91. The Balaban J connectivity index is 1.38. The van der Waals surface area contributed by atoms with Gasteiger partial charge in [-0.3, -0.25) is 4.98 Å². The van der Waals surface area contributed by atoms with Crippen LogP contribution in [0.2, 0.25) is 0 Å². The van der Waals surface area contributed by atoms with E-state index in [1.165, 1.54) is 6.08 Å². The van der Waals surface area contributed by atoms with E-state index in [1.54, 1.807) is 48.0 Å². The Morgan fingerprint density at radius 3 is 2.77 bits per heavy atom. The summed E-state index contributed by atoms with van der Waals surface area (Å²) in [5, 5.41) is 8.33. The molecule has 2 aromatic heterocycles. The summed E-state index contributed by atoms with van der Waals surface area (Å²) in [6.07, 6.45) is 6.76. The van der Waals surface area contributed by atoms with Crippen molar-refractivity contribution in [3.63, 3.8) is 0 Å². The van der Waals surface area contributed by atoms with E-state index in [0.29, 0.717) is 43.1 Å². The number of nitrogens with zero attached hydrogens (tertiary/aromatic N) is 5. The summed E-state index contributed by atoms with van der Waals surface area (Å²) >= 11 is 0. The van der Waals surface area contributed by atoms with E-state index < -0.39 is 23.2 Å². The van der Waals surface area contributed by atoms with Crippen molar-refractivity contribution >= 4 is 6.09 Å². The van der Waals surface area contributed by atoms with Crippen LogP contribution in [0.25, 0.3) is 0 Å². The van der Waals surface area contributed by atoms with Crippen LogP contribution in [0.4, 0.5) is 13.6 Å². The van der Waals surface area contributed by atoms with Gasteiger partial charge in [-0.2, -0.15) is 0 Å². The molecule has 3 heterocycles. The Bertz CT molecular complexity index is 1010. The Kier molecular flexibility index (Phi) is 5.36. The Morgan fingerprint density at radius 2 is 2.07 bits per heavy atom. The number of allylic oxidation sites excluding steroid dienone is 4. The van der Waals surface area contributed by atoms with Crippen molar-refractivity contribution in [2.75, 3.05) is 13.1 Å². The monoisotopic (exact) mass is 415 g/mol. The number of carbonyl (C=O) groups is 1. The number of hydrogen-bond donors (Lipinski definition) is 0. The fraction of sp³-hybridized carbons (Fsp3) is 0.429. The van der Waals surface area contributed by atoms with Crippen molar-refractivity contribution in [1.82, 2.24) is 24.9 Å². The van der Waals surface area contributed by atoms with Gasteiger partial charge in [0.2, 0.25) is 0 Å². The highest BCUT2D eigenvalue weighted by Crippen LogP contribution is 2.40. The van der Waals surface area contributed by atoms with Crippen LogP contribution >= 0.6 is 0 Å². The molecular formula is C21H23F2N5O2. The summed E-state index contributed by atoms with van der Waals surface area (Å²) in [6, 6.07) is 3.48. The highest BCUT2D eigenvalue weighted by molar-refractivity contribution is 5.71. The Labute approximate surface area is 173 Å². The number of ether oxygens (including phenoxy) is 1. The largest absolute Gasteiger partial charge is 0.415 e. The van der Waals surface area contributed by atoms with Crippen LogP contribution in [0, 0.1) is 6.92 Å². The molecule has 4 rings (SSSR count). The molecule has 158 valence electrons. The molecule has 9 heteroatoms. The zero-order valence-electron chi connectivity index (χ0n) is 16.9. The highest BCUT2D eigenvalue weighted by atomic mass is 19.1. The molecule has 0 spiro atoms. The van der Waals surface area contributed by atoms with Gasteiger partial charge in [-0.15, -0.1) is 5.10 Å². The third-order valence-corrected chi connectivity index (χ3v) is 5.83. The molecule has 1 aliphatic heterocycles. The van der Waals surface area contributed by atoms with Crippen LogP contribution in [0.3, 0.4) is 0 Å². The SMILES string of the molecule is Cc1ncccc1OC(=O)N1CCC(n2cc(C3(C)CC=C(F)C=C3F)nn2)CC1. The first-order chi connectivity index (χ1) is 14.4.